The van der Waals surface area contributed by atoms with Gasteiger partial charge in [-0.1, -0.05) is 0 Å². The minimum atomic E-state index is -4.35. The Balaban J connectivity index is 2.89. The number of benzene rings is 1. The Labute approximate surface area is 99.8 Å². The predicted molar refractivity (Wildman–Crippen MR) is 53.4 cm³/mol. The first-order chi connectivity index (χ1) is 8.24. The normalized spacial score (nSPS) is 13.7. The summed E-state index contributed by atoms with van der Waals surface area (Å²) in [6.45, 7) is 0. The number of alkyl halides is 3. The summed E-state index contributed by atoms with van der Waals surface area (Å²) >= 11 is 0. The van der Waals surface area contributed by atoms with Crippen molar-refractivity contribution >= 4 is 0 Å². The highest BCUT2D eigenvalue weighted by Crippen LogP contribution is 2.28. The first-order valence-corrected chi connectivity index (χ1v) is 5.13. The van der Waals surface area contributed by atoms with Gasteiger partial charge in [-0.3, -0.25) is 0 Å². The lowest BCUT2D eigenvalue weighted by Gasteiger charge is -2.18. The van der Waals surface area contributed by atoms with Gasteiger partial charge in [-0.15, -0.1) is 0 Å². The fourth-order valence-corrected chi connectivity index (χ4v) is 1.56. The maximum absolute atomic E-state index is 12.9. The van der Waals surface area contributed by atoms with Crippen LogP contribution in [0.5, 0.6) is 0 Å². The van der Waals surface area contributed by atoms with Gasteiger partial charge in [0.15, 0.2) is 17.5 Å². The standard InChI is InChI=1S/C11H11F6N/c1-18-9(2-3-11(15,16)17)6-4-7(12)10(14)8(13)5-6/h4-5,9,18H,2-3H2,1H3. The van der Waals surface area contributed by atoms with Crippen LogP contribution in [0.4, 0.5) is 26.3 Å². The molecular weight excluding hydrogens is 260 g/mol. The van der Waals surface area contributed by atoms with Crippen molar-refractivity contribution in [3.8, 4) is 0 Å². The third-order valence-electron chi connectivity index (χ3n) is 2.47. The average Bonchev–Trinajstić information content (AvgIpc) is 2.25. The molecule has 1 N–H and O–H groups in total. The van der Waals surface area contributed by atoms with Crippen molar-refractivity contribution in [3.63, 3.8) is 0 Å². The van der Waals surface area contributed by atoms with Crippen molar-refractivity contribution in [1.29, 1.82) is 0 Å². The van der Waals surface area contributed by atoms with Crippen LogP contribution in [0.2, 0.25) is 0 Å². The molecule has 0 aromatic heterocycles. The van der Waals surface area contributed by atoms with Crippen LogP contribution in [0.1, 0.15) is 24.4 Å². The zero-order valence-corrected chi connectivity index (χ0v) is 9.41. The molecule has 1 aromatic rings. The summed E-state index contributed by atoms with van der Waals surface area (Å²) in [5.74, 6) is -4.47. The molecule has 0 aliphatic heterocycles. The maximum atomic E-state index is 12.9. The summed E-state index contributed by atoms with van der Waals surface area (Å²) in [6, 6.07) is 0.488. The van der Waals surface area contributed by atoms with Gasteiger partial charge in [0.2, 0.25) is 0 Å². The first kappa shape index (κ1) is 14.8. The molecule has 1 aromatic carbocycles. The molecule has 102 valence electrons. The van der Waals surface area contributed by atoms with E-state index in [1.165, 1.54) is 7.05 Å². The van der Waals surface area contributed by atoms with E-state index in [2.05, 4.69) is 5.32 Å². The summed E-state index contributed by atoms with van der Waals surface area (Å²) in [5.41, 5.74) is -0.0573. The minimum Gasteiger partial charge on any atom is -0.313 e. The molecule has 0 aliphatic carbocycles. The molecule has 0 saturated carbocycles. The van der Waals surface area contributed by atoms with E-state index in [4.69, 9.17) is 0 Å². The van der Waals surface area contributed by atoms with Crippen molar-refractivity contribution < 1.29 is 26.3 Å². The van der Waals surface area contributed by atoms with Gasteiger partial charge in [0.1, 0.15) is 0 Å². The van der Waals surface area contributed by atoms with E-state index in [-0.39, 0.29) is 12.0 Å². The lowest BCUT2D eigenvalue weighted by Crippen LogP contribution is -2.20. The zero-order chi connectivity index (χ0) is 13.9. The molecule has 1 atom stereocenters. The third kappa shape index (κ3) is 3.90. The molecular formula is C11H11F6N. The largest absolute Gasteiger partial charge is 0.389 e. The number of nitrogens with one attached hydrogen (secondary N) is 1. The second-order valence-corrected chi connectivity index (χ2v) is 3.79. The van der Waals surface area contributed by atoms with E-state index < -0.39 is 36.1 Å². The molecule has 0 saturated heterocycles. The molecule has 0 radical (unpaired) electrons. The van der Waals surface area contributed by atoms with Crippen LogP contribution >= 0.6 is 0 Å². The molecule has 0 amide bonds. The van der Waals surface area contributed by atoms with Crippen molar-refractivity contribution in [2.24, 2.45) is 0 Å². The lowest BCUT2D eigenvalue weighted by molar-refractivity contribution is -0.136. The van der Waals surface area contributed by atoms with E-state index in [0.717, 1.165) is 0 Å². The molecule has 1 nitrogen and oxygen atoms in total. The number of rotatable bonds is 4. The van der Waals surface area contributed by atoms with Gasteiger partial charge < -0.3 is 5.32 Å². The van der Waals surface area contributed by atoms with Gasteiger partial charge >= 0.3 is 6.18 Å². The van der Waals surface area contributed by atoms with Gasteiger partial charge in [-0.25, -0.2) is 13.2 Å². The van der Waals surface area contributed by atoms with Gasteiger partial charge in [0, 0.05) is 12.5 Å². The Morgan fingerprint density at radius 2 is 1.61 bits per heavy atom. The lowest BCUT2D eigenvalue weighted by atomic mass is 10.0. The van der Waals surface area contributed by atoms with Crippen molar-refractivity contribution in [3.05, 3.63) is 35.1 Å². The van der Waals surface area contributed by atoms with Crippen molar-refractivity contribution in [1.82, 2.24) is 5.32 Å². The van der Waals surface area contributed by atoms with E-state index in [0.29, 0.717) is 12.1 Å². The van der Waals surface area contributed by atoms with Gasteiger partial charge in [0.05, 0.1) is 0 Å². The monoisotopic (exact) mass is 271 g/mol. The smallest absolute Gasteiger partial charge is 0.313 e. The Morgan fingerprint density at radius 1 is 1.11 bits per heavy atom. The average molecular weight is 271 g/mol. The van der Waals surface area contributed by atoms with E-state index in [1.807, 2.05) is 0 Å². The van der Waals surface area contributed by atoms with Crippen LogP contribution < -0.4 is 5.32 Å². The fraction of sp³-hybridized carbons (Fsp3) is 0.455. The number of halogens is 6. The van der Waals surface area contributed by atoms with Crippen LogP contribution in [0, 0.1) is 17.5 Å². The molecule has 0 heterocycles. The summed E-state index contributed by atoms with van der Waals surface area (Å²) in [5, 5.41) is 2.51. The van der Waals surface area contributed by atoms with Crippen LogP contribution in [0.25, 0.3) is 0 Å². The van der Waals surface area contributed by atoms with E-state index in [1.54, 1.807) is 0 Å². The van der Waals surface area contributed by atoms with E-state index in [9.17, 15) is 26.3 Å². The highest BCUT2D eigenvalue weighted by molar-refractivity contribution is 5.22. The van der Waals surface area contributed by atoms with Crippen LogP contribution in [0.15, 0.2) is 12.1 Å². The van der Waals surface area contributed by atoms with Crippen molar-refractivity contribution in [2.75, 3.05) is 7.05 Å². The summed E-state index contributed by atoms with van der Waals surface area (Å²) in [7, 11) is 1.36. The summed E-state index contributed by atoms with van der Waals surface area (Å²) < 4.78 is 74.8. The highest BCUT2D eigenvalue weighted by Gasteiger charge is 2.28. The molecule has 7 heteroatoms. The second-order valence-electron chi connectivity index (χ2n) is 3.79. The maximum Gasteiger partial charge on any atom is 0.389 e. The number of hydrogen-bond acceptors (Lipinski definition) is 1. The summed E-state index contributed by atoms with van der Waals surface area (Å²) in [4.78, 5) is 0. The topological polar surface area (TPSA) is 12.0 Å². The van der Waals surface area contributed by atoms with E-state index >= 15 is 0 Å². The second kappa shape index (κ2) is 5.60. The highest BCUT2D eigenvalue weighted by atomic mass is 19.4. The SMILES string of the molecule is CNC(CCC(F)(F)F)c1cc(F)c(F)c(F)c1. The van der Waals surface area contributed by atoms with Crippen molar-refractivity contribution in [2.45, 2.75) is 25.1 Å². The quantitative estimate of drug-likeness (QED) is 0.650. The van der Waals surface area contributed by atoms with Crippen LogP contribution in [-0.2, 0) is 0 Å². The summed E-state index contributed by atoms with van der Waals surface area (Å²) in [6.07, 6.45) is -5.84. The molecule has 0 fully saturated rings. The minimum absolute atomic E-state index is 0.0573. The van der Waals surface area contributed by atoms with Gasteiger partial charge in [-0.05, 0) is 31.2 Å². The third-order valence-corrected chi connectivity index (χ3v) is 2.47. The fourth-order valence-electron chi connectivity index (χ4n) is 1.56. The molecule has 1 rings (SSSR count). The molecule has 0 spiro atoms. The number of hydrogen-bond donors (Lipinski definition) is 1. The van der Waals surface area contributed by atoms with Crippen LogP contribution in [-0.4, -0.2) is 13.2 Å². The Bertz CT molecular complexity index is 391. The molecule has 1 unspecified atom stereocenters. The molecule has 0 aliphatic rings. The first-order valence-electron chi connectivity index (χ1n) is 5.13. The zero-order valence-electron chi connectivity index (χ0n) is 9.41. The Hall–Kier alpha value is -1.24. The Kier molecular flexibility index (Phi) is 4.61. The van der Waals surface area contributed by atoms with Gasteiger partial charge in [-0.2, -0.15) is 13.2 Å². The molecule has 18 heavy (non-hydrogen) atoms. The Morgan fingerprint density at radius 3 is 2.00 bits per heavy atom. The predicted octanol–water partition coefficient (Wildman–Crippen LogP) is 3.71. The van der Waals surface area contributed by atoms with Gasteiger partial charge in [0.25, 0.3) is 0 Å². The molecule has 0 bridgehead atoms. The van der Waals surface area contributed by atoms with Crippen LogP contribution in [0.3, 0.4) is 0 Å².